The third-order valence-corrected chi connectivity index (χ3v) is 2.56. The van der Waals surface area contributed by atoms with E-state index in [2.05, 4.69) is 14.3 Å². The van der Waals surface area contributed by atoms with Gasteiger partial charge in [0.15, 0.2) is 0 Å². The second-order valence-corrected chi connectivity index (χ2v) is 3.65. The van der Waals surface area contributed by atoms with Gasteiger partial charge in [0.2, 0.25) is 0 Å². The van der Waals surface area contributed by atoms with Crippen LogP contribution in [-0.4, -0.2) is 41.8 Å². The second kappa shape index (κ2) is 6.05. The Hall–Kier alpha value is -2.57. The molecule has 1 rings (SSSR count). The van der Waals surface area contributed by atoms with Crippen LogP contribution >= 0.6 is 0 Å². The highest BCUT2D eigenvalue weighted by atomic mass is 19.1. The number of hydrogen-bond donors (Lipinski definition) is 1. The zero-order valence-electron chi connectivity index (χ0n) is 10.7. The quantitative estimate of drug-likeness (QED) is 0.362. The third kappa shape index (κ3) is 2.56. The first kappa shape index (κ1) is 15.5. The Kier molecular flexibility index (Phi) is 4.68. The van der Waals surface area contributed by atoms with Gasteiger partial charge in [0, 0.05) is 5.56 Å². The highest BCUT2D eigenvalue weighted by Crippen LogP contribution is 2.25. The van der Waals surface area contributed by atoms with Crippen molar-refractivity contribution in [2.75, 3.05) is 14.2 Å². The Morgan fingerprint density at radius 2 is 1.80 bits per heavy atom. The Morgan fingerprint density at radius 3 is 2.20 bits per heavy atom. The van der Waals surface area contributed by atoms with E-state index in [1.54, 1.807) is 0 Å². The average molecular weight is 282 g/mol. The largest absolute Gasteiger partial charge is 0.466 e. The van der Waals surface area contributed by atoms with Crippen LogP contribution in [0.2, 0.25) is 0 Å². The minimum atomic E-state index is -2.72. The van der Waals surface area contributed by atoms with Crippen molar-refractivity contribution in [3.63, 3.8) is 0 Å². The monoisotopic (exact) mass is 282 g/mol. The highest BCUT2D eigenvalue weighted by molar-refractivity contribution is 6.41. The molecule has 8 heteroatoms. The molecule has 0 amide bonds. The van der Waals surface area contributed by atoms with Crippen LogP contribution in [0, 0.1) is 5.82 Å². The van der Waals surface area contributed by atoms with Crippen LogP contribution in [-0.2, 0) is 24.7 Å². The van der Waals surface area contributed by atoms with Gasteiger partial charge in [-0.1, -0.05) is 12.1 Å². The number of rotatable bonds is 4. The molecule has 0 bridgehead atoms. The summed E-state index contributed by atoms with van der Waals surface area (Å²) in [5.41, 5.74) is 4.93. The SMILES string of the molecule is COC(=O)C(=[N+]=[N-])[C@@](O)(C(=O)OC)c1ccc(F)cc1. The van der Waals surface area contributed by atoms with Gasteiger partial charge in [-0.3, -0.25) is 0 Å². The van der Waals surface area contributed by atoms with E-state index in [0.717, 1.165) is 38.5 Å². The molecule has 0 radical (unpaired) electrons. The molecular weight excluding hydrogens is 271 g/mol. The number of methoxy groups -OCH3 is 2. The minimum Gasteiger partial charge on any atom is -0.466 e. The molecule has 0 aliphatic carbocycles. The smallest absolute Gasteiger partial charge is 0.423 e. The molecule has 1 aromatic rings. The van der Waals surface area contributed by atoms with Gasteiger partial charge in [-0.05, 0) is 12.1 Å². The molecule has 0 unspecified atom stereocenters. The fourth-order valence-electron chi connectivity index (χ4n) is 1.55. The Balaban J connectivity index is 3.52. The first-order chi connectivity index (χ1) is 9.41. The first-order valence-corrected chi connectivity index (χ1v) is 5.29. The van der Waals surface area contributed by atoms with Gasteiger partial charge in [0.05, 0.1) is 14.2 Å². The molecule has 0 aromatic heterocycles. The van der Waals surface area contributed by atoms with E-state index in [0.29, 0.717) is 0 Å². The standard InChI is InChI=1S/C12H11FN2O5/c1-19-10(16)9(15-14)12(18,11(17)20-2)7-3-5-8(13)6-4-7/h3-6,18H,1-2H3/t12-/m1/s1. The van der Waals surface area contributed by atoms with Gasteiger partial charge >= 0.3 is 17.7 Å². The predicted octanol–water partition coefficient (Wildman–Crippen LogP) is 0.0301. The summed E-state index contributed by atoms with van der Waals surface area (Å²) in [7, 11) is 1.93. The molecule has 1 aromatic carbocycles. The first-order valence-electron chi connectivity index (χ1n) is 5.29. The number of carbonyl (C=O) groups is 2. The van der Waals surface area contributed by atoms with Crippen LogP contribution in [0.25, 0.3) is 5.53 Å². The maximum atomic E-state index is 12.9. The summed E-state index contributed by atoms with van der Waals surface area (Å²) < 4.78 is 21.6. The van der Waals surface area contributed by atoms with E-state index in [-0.39, 0.29) is 5.56 Å². The van der Waals surface area contributed by atoms with Crippen molar-refractivity contribution in [3.05, 3.63) is 41.2 Å². The van der Waals surface area contributed by atoms with Gasteiger partial charge in [0.1, 0.15) is 5.82 Å². The fourth-order valence-corrected chi connectivity index (χ4v) is 1.55. The molecule has 0 spiro atoms. The third-order valence-electron chi connectivity index (χ3n) is 2.56. The molecule has 0 saturated heterocycles. The lowest BCUT2D eigenvalue weighted by atomic mass is 9.88. The van der Waals surface area contributed by atoms with Crippen molar-refractivity contribution in [2.24, 2.45) is 0 Å². The van der Waals surface area contributed by atoms with Crippen LogP contribution in [0.1, 0.15) is 5.56 Å². The highest BCUT2D eigenvalue weighted by Gasteiger charge is 2.55. The Morgan fingerprint density at radius 1 is 1.25 bits per heavy atom. The minimum absolute atomic E-state index is 0.219. The van der Waals surface area contributed by atoms with Crippen molar-refractivity contribution >= 4 is 17.7 Å². The molecule has 0 aliphatic rings. The summed E-state index contributed by atoms with van der Waals surface area (Å²) in [6, 6.07) is 3.99. The molecule has 0 saturated carbocycles. The summed E-state index contributed by atoms with van der Waals surface area (Å²) in [5, 5.41) is 10.4. The van der Waals surface area contributed by atoms with Crippen molar-refractivity contribution < 1.29 is 33.3 Å². The molecule has 1 atom stereocenters. The Bertz CT molecular complexity index is 580. The zero-order chi connectivity index (χ0) is 15.3. The van der Waals surface area contributed by atoms with Gasteiger partial charge in [-0.25, -0.2) is 14.0 Å². The van der Waals surface area contributed by atoms with E-state index >= 15 is 0 Å². The number of aliphatic hydroxyl groups is 1. The van der Waals surface area contributed by atoms with Gasteiger partial charge in [0.25, 0.3) is 5.60 Å². The number of carbonyl (C=O) groups excluding carboxylic acids is 2. The summed E-state index contributed by atoms with van der Waals surface area (Å²) in [6.45, 7) is 0. The summed E-state index contributed by atoms with van der Waals surface area (Å²) in [4.78, 5) is 25.9. The van der Waals surface area contributed by atoms with Crippen LogP contribution < -0.4 is 0 Å². The van der Waals surface area contributed by atoms with E-state index in [9.17, 15) is 19.1 Å². The lowest BCUT2D eigenvalue weighted by Crippen LogP contribution is -2.49. The molecule has 0 fully saturated rings. The van der Waals surface area contributed by atoms with E-state index in [4.69, 9.17) is 5.53 Å². The summed E-state index contributed by atoms with van der Waals surface area (Å²) in [6.07, 6.45) is 0. The van der Waals surface area contributed by atoms with Crippen molar-refractivity contribution in [2.45, 2.75) is 5.60 Å². The maximum absolute atomic E-state index is 12.9. The van der Waals surface area contributed by atoms with Gasteiger partial charge in [-0.15, -0.1) is 0 Å². The lowest BCUT2D eigenvalue weighted by Gasteiger charge is -2.20. The summed E-state index contributed by atoms with van der Waals surface area (Å²) >= 11 is 0. The molecule has 1 N–H and O–H groups in total. The lowest BCUT2D eigenvalue weighted by molar-refractivity contribution is -0.163. The Labute approximate surface area is 113 Å². The number of esters is 2. The molecule has 20 heavy (non-hydrogen) atoms. The molecular formula is C12H11FN2O5. The fraction of sp³-hybridized carbons (Fsp3) is 0.250. The van der Waals surface area contributed by atoms with Crippen LogP contribution in [0.3, 0.4) is 0 Å². The van der Waals surface area contributed by atoms with E-state index in [1.807, 2.05) is 0 Å². The number of benzene rings is 1. The van der Waals surface area contributed by atoms with Crippen LogP contribution in [0.5, 0.6) is 0 Å². The van der Waals surface area contributed by atoms with E-state index in [1.165, 1.54) is 0 Å². The van der Waals surface area contributed by atoms with E-state index < -0.39 is 29.1 Å². The molecule has 7 nitrogen and oxygen atoms in total. The van der Waals surface area contributed by atoms with Crippen molar-refractivity contribution in [3.8, 4) is 0 Å². The molecule has 0 heterocycles. The topological polar surface area (TPSA) is 109 Å². The zero-order valence-corrected chi connectivity index (χ0v) is 10.7. The van der Waals surface area contributed by atoms with Crippen LogP contribution in [0.4, 0.5) is 4.39 Å². The number of halogens is 1. The number of nitrogens with zero attached hydrogens (tertiary/aromatic N) is 2. The normalized spacial score (nSPS) is 12.8. The predicted molar refractivity (Wildman–Crippen MR) is 63.0 cm³/mol. The number of ether oxygens (including phenoxy) is 2. The maximum Gasteiger partial charge on any atom is 0.423 e. The van der Waals surface area contributed by atoms with Crippen molar-refractivity contribution in [1.29, 1.82) is 0 Å². The molecule has 106 valence electrons. The number of hydrogen-bond acceptors (Lipinski definition) is 5. The average Bonchev–Trinajstić information content (AvgIpc) is 2.47. The van der Waals surface area contributed by atoms with Crippen LogP contribution in [0.15, 0.2) is 24.3 Å². The van der Waals surface area contributed by atoms with Gasteiger partial charge in [-0.2, -0.15) is 4.79 Å². The molecule has 0 aliphatic heterocycles. The van der Waals surface area contributed by atoms with Gasteiger partial charge < -0.3 is 20.1 Å². The second-order valence-electron chi connectivity index (χ2n) is 3.65. The van der Waals surface area contributed by atoms with Crippen molar-refractivity contribution in [1.82, 2.24) is 0 Å². The summed E-state index contributed by atoms with van der Waals surface area (Å²) in [5.74, 6) is -3.16.